The summed E-state index contributed by atoms with van der Waals surface area (Å²) >= 11 is 0. The molecule has 0 aliphatic rings. The van der Waals surface area contributed by atoms with Crippen LogP contribution in [0, 0.1) is 0 Å². The van der Waals surface area contributed by atoms with Crippen LogP contribution >= 0.6 is 0 Å². The molecular weight excluding hydrogens is 229 g/mol. The van der Waals surface area contributed by atoms with Crippen LogP contribution in [0.1, 0.15) is 18.1 Å². The van der Waals surface area contributed by atoms with Crippen molar-refractivity contribution in [2.75, 3.05) is 0 Å². The highest BCUT2D eigenvalue weighted by Crippen LogP contribution is 2.32. The van der Waals surface area contributed by atoms with Crippen LogP contribution in [0.15, 0.2) is 24.4 Å². The summed E-state index contributed by atoms with van der Waals surface area (Å²) in [4.78, 5) is 2.95. The van der Waals surface area contributed by atoms with Gasteiger partial charge in [0.15, 0.2) is 0 Å². The van der Waals surface area contributed by atoms with E-state index in [2.05, 4.69) is 4.98 Å². The lowest BCUT2D eigenvalue weighted by molar-refractivity contribution is -0.137. The van der Waals surface area contributed by atoms with Crippen LogP contribution < -0.4 is 5.73 Å². The maximum absolute atomic E-state index is 12.6. The maximum Gasteiger partial charge on any atom is 0.416 e. The van der Waals surface area contributed by atoms with Crippen molar-refractivity contribution in [3.8, 4) is 0 Å². The number of fused-ring (bicyclic) bond motifs is 1. The maximum atomic E-state index is 12.6. The highest BCUT2D eigenvalue weighted by molar-refractivity contribution is 5.84. The van der Waals surface area contributed by atoms with Gasteiger partial charge in [0.25, 0.3) is 0 Å². The smallest absolute Gasteiger partial charge is 0.361 e. The molecule has 0 radical (unpaired) electrons. The Bertz CT molecular complexity index is 526. The number of hydrogen-bond acceptors (Lipinski definition) is 1. The van der Waals surface area contributed by atoms with Gasteiger partial charge in [-0.25, -0.2) is 0 Å². The Hall–Kier alpha value is -1.49. The first-order valence-corrected chi connectivity index (χ1v) is 5.30. The van der Waals surface area contributed by atoms with Crippen LogP contribution in [-0.2, 0) is 12.6 Å². The lowest BCUT2D eigenvalue weighted by Gasteiger charge is -2.07. The van der Waals surface area contributed by atoms with E-state index in [0.717, 1.165) is 11.6 Å². The number of nitrogens with two attached hydrogens (primary N) is 1. The molecule has 1 aromatic carbocycles. The molecule has 0 bridgehead atoms. The number of aromatic amines is 1. The predicted molar refractivity (Wildman–Crippen MR) is 60.7 cm³/mol. The molecule has 0 amide bonds. The first-order chi connectivity index (χ1) is 7.88. The Morgan fingerprint density at radius 3 is 2.65 bits per heavy atom. The third-order valence-electron chi connectivity index (χ3n) is 2.64. The van der Waals surface area contributed by atoms with Crippen LogP contribution in [-0.4, -0.2) is 11.0 Å². The molecule has 5 heteroatoms. The van der Waals surface area contributed by atoms with Crippen LogP contribution in [0.25, 0.3) is 10.9 Å². The molecule has 2 aromatic rings. The third-order valence-corrected chi connectivity index (χ3v) is 2.64. The van der Waals surface area contributed by atoms with Crippen molar-refractivity contribution in [3.63, 3.8) is 0 Å². The summed E-state index contributed by atoms with van der Waals surface area (Å²) in [6.45, 7) is 1.83. The van der Waals surface area contributed by atoms with E-state index in [4.69, 9.17) is 5.73 Å². The number of halogens is 3. The van der Waals surface area contributed by atoms with E-state index in [-0.39, 0.29) is 6.04 Å². The van der Waals surface area contributed by atoms with Crippen molar-refractivity contribution < 1.29 is 13.2 Å². The van der Waals surface area contributed by atoms with Crippen LogP contribution in [0.4, 0.5) is 13.2 Å². The minimum absolute atomic E-state index is 0.0801. The van der Waals surface area contributed by atoms with Crippen LogP contribution in [0.2, 0.25) is 0 Å². The average Bonchev–Trinajstić information content (AvgIpc) is 2.59. The second-order valence-electron chi connectivity index (χ2n) is 4.25. The van der Waals surface area contributed by atoms with Crippen molar-refractivity contribution in [2.45, 2.75) is 25.6 Å². The van der Waals surface area contributed by atoms with Gasteiger partial charge in [-0.3, -0.25) is 0 Å². The second kappa shape index (κ2) is 4.07. The molecule has 0 spiro atoms. The highest BCUT2D eigenvalue weighted by atomic mass is 19.4. The molecule has 17 heavy (non-hydrogen) atoms. The van der Waals surface area contributed by atoms with E-state index in [1.165, 1.54) is 12.1 Å². The van der Waals surface area contributed by atoms with Gasteiger partial charge in [0, 0.05) is 23.1 Å². The van der Waals surface area contributed by atoms with Crippen LogP contribution in [0.5, 0.6) is 0 Å². The van der Waals surface area contributed by atoms with Gasteiger partial charge in [-0.1, -0.05) is 0 Å². The quantitative estimate of drug-likeness (QED) is 0.834. The van der Waals surface area contributed by atoms with E-state index >= 15 is 0 Å². The lowest BCUT2D eigenvalue weighted by atomic mass is 10.0. The summed E-state index contributed by atoms with van der Waals surface area (Å²) in [6.07, 6.45) is -2.04. The molecule has 0 saturated heterocycles. The number of rotatable bonds is 2. The first kappa shape index (κ1) is 12.0. The predicted octanol–water partition coefficient (Wildman–Crippen LogP) is 3.08. The Kier molecular flexibility index (Phi) is 2.87. The molecule has 0 fully saturated rings. The van der Waals surface area contributed by atoms with Gasteiger partial charge < -0.3 is 10.7 Å². The van der Waals surface area contributed by atoms with E-state index < -0.39 is 11.7 Å². The fraction of sp³-hybridized carbons (Fsp3) is 0.333. The minimum Gasteiger partial charge on any atom is -0.361 e. The van der Waals surface area contributed by atoms with Crippen molar-refractivity contribution in [3.05, 3.63) is 35.5 Å². The molecular formula is C12H13F3N2. The van der Waals surface area contributed by atoms with Gasteiger partial charge in [0.05, 0.1) is 5.56 Å². The minimum atomic E-state index is -4.31. The largest absolute Gasteiger partial charge is 0.416 e. The first-order valence-electron chi connectivity index (χ1n) is 5.30. The normalized spacial score (nSPS) is 14.2. The van der Waals surface area contributed by atoms with Gasteiger partial charge in [-0.05, 0) is 37.1 Å². The molecule has 1 heterocycles. The molecule has 3 N–H and O–H groups in total. The number of H-pyrrole nitrogens is 1. The lowest BCUT2D eigenvalue weighted by Crippen LogP contribution is -2.17. The topological polar surface area (TPSA) is 41.8 Å². The SMILES string of the molecule is CC(N)Cc1c[nH]c2ccc(C(F)(F)F)cc12. The standard InChI is InChI=1S/C12H13F3N2/c1-7(16)4-8-6-17-11-3-2-9(5-10(8)11)12(13,14)15/h2-3,5-7,17H,4,16H2,1H3. The molecule has 0 aliphatic carbocycles. The third kappa shape index (κ3) is 2.44. The van der Waals surface area contributed by atoms with Crippen LogP contribution in [0.3, 0.4) is 0 Å². The Balaban J connectivity index is 2.50. The van der Waals surface area contributed by atoms with Gasteiger partial charge >= 0.3 is 6.18 Å². The summed E-state index contributed by atoms with van der Waals surface area (Å²) in [5, 5.41) is 0.595. The number of aromatic nitrogens is 1. The average molecular weight is 242 g/mol. The molecule has 92 valence electrons. The van der Waals surface area contributed by atoms with E-state index in [1.807, 2.05) is 6.92 Å². The summed E-state index contributed by atoms with van der Waals surface area (Å²) in [7, 11) is 0. The van der Waals surface area contributed by atoms with Crippen molar-refractivity contribution >= 4 is 10.9 Å². The molecule has 1 aromatic heterocycles. The fourth-order valence-electron chi connectivity index (χ4n) is 1.87. The summed E-state index contributed by atoms with van der Waals surface area (Å²) in [6, 6.07) is 3.62. The highest BCUT2D eigenvalue weighted by Gasteiger charge is 2.30. The Morgan fingerprint density at radius 1 is 1.35 bits per heavy atom. The van der Waals surface area contributed by atoms with Gasteiger partial charge in [-0.15, -0.1) is 0 Å². The van der Waals surface area contributed by atoms with Gasteiger partial charge in [-0.2, -0.15) is 13.2 Å². The molecule has 2 nitrogen and oxygen atoms in total. The summed E-state index contributed by atoms with van der Waals surface area (Å²) in [5.74, 6) is 0. The van der Waals surface area contributed by atoms with E-state index in [9.17, 15) is 13.2 Å². The number of hydrogen-bond donors (Lipinski definition) is 2. The zero-order chi connectivity index (χ0) is 12.6. The number of benzene rings is 1. The zero-order valence-corrected chi connectivity index (χ0v) is 9.31. The fourth-order valence-corrected chi connectivity index (χ4v) is 1.87. The molecule has 1 atom stereocenters. The van der Waals surface area contributed by atoms with Crippen molar-refractivity contribution in [1.82, 2.24) is 4.98 Å². The van der Waals surface area contributed by atoms with Crippen molar-refractivity contribution in [2.24, 2.45) is 5.73 Å². The monoisotopic (exact) mass is 242 g/mol. The molecule has 2 rings (SSSR count). The second-order valence-corrected chi connectivity index (χ2v) is 4.25. The molecule has 1 unspecified atom stereocenters. The Labute approximate surface area is 96.6 Å². The zero-order valence-electron chi connectivity index (χ0n) is 9.31. The van der Waals surface area contributed by atoms with Crippen molar-refractivity contribution in [1.29, 1.82) is 0 Å². The van der Waals surface area contributed by atoms with Gasteiger partial charge in [0.2, 0.25) is 0 Å². The summed E-state index contributed by atoms with van der Waals surface area (Å²) in [5.41, 5.74) is 6.56. The van der Waals surface area contributed by atoms with Gasteiger partial charge in [0.1, 0.15) is 0 Å². The number of alkyl halides is 3. The van der Waals surface area contributed by atoms with E-state index in [0.29, 0.717) is 17.3 Å². The van der Waals surface area contributed by atoms with E-state index in [1.54, 1.807) is 6.20 Å². The molecule has 0 aliphatic heterocycles. The Morgan fingerprint density at radius 2 is 2.06 bits per heavy atom. The summed E-state index contributed by atoms with van der Waals surface area (Å²) < 4.78 is 37.7. The molecule has 0 saturated carbocycles. The number of nitrogens with one attached hydrogen (secondary N) is 1.